The molecular weight excluding hydrogens is 558 g/mol. The first-order valence-electron chi connectivity index (χ1n) is 14.5. The third kappa shape index (κ3) is 6.17. The number of amides is 2. The lowest BCUT2D eigenvalue weighted by atomic mass is 9.91. The number of aromatic nitrogens is 2. The van der Waals surface area contributed by atoms with Crippen molar-refractivity contribution in [2.24, 2.45) is 0 Å². The molecule has 1 aliphatic rings. The fourth-order valence-electron chi connectivity index (χ4n) is 6.07. The average Bonchev–Trinajstić information content (AvgIpc) is 3.50. The number of carbonyl (C=O) groups is 1. The summed E-state index contributed by atoms with van der Waals surface area (Å²) < 4.78 is 0. The van der Waals surface area contributed by atoms with Crippen LogP contribution >= 0.6 is 0 Å². The highest BCUT2D eigenvalue weighted by Crippen LogP contribution is 2.31. The normalized spacial score (nSPS) is 20.5. The van der Waals surface area contributed by atoms with Crippen LogP contribution in [0.4, 0.5) is 10.5 Å². The number of nitrogens with one attached hydrogen (secondary N) is 1. The largest absolute Gasteiger partial charge is 0.388 e. The van der Waals surface area contributed by atoms with Crippen LogP contribution in [0.3, 0.4) is 0 Å². The summed E-state index contributed by atoms with van der Waals surface area (Å²) in [6.07, 6.45) is -0.254. The summed E-state index contributed by atoms with van der Waals surface area (Å²) in [6, 6.07) is 29.1. The van der Waals surface area contributed by atoms with E-state index < -0.39 is 29.2 Å². The molecule has 224 valence electrons. The molecule has 0 spiro atoms. The summed E-state index contributed by atoms with van der Waals surface area (Å²) in [5.74, 6) is 0. The topological polar surface area (TPSA) is 136 Å². The number of benzene rings is 4. The number of hydrogen-bond donors (Lipinski definition) is 3. The molecule has 1 aliphatic heterocycles. The third-order valence-electron chi connectivity index (χ3n) is 8.34. The maximum absolute atomic E-state index is 14.8. The molecule has 2 heterocycles. The predicted octanol–water partition coefficient (Wildman–Crippen LogP) is 4.85. The number of nitro benzene ring substituents is 1. The number of nitrogens with zero attached hydrogens (tertiary/aromatic N) is 4. The first-order valence-corrected chi connectivity index (χ1v) is 14.5. The van der Waals surface area contributed by atoms with Crippen LogP contribution in [0.1, 0.15) is 22.3 Å². The van der Waals surface area contributed by atoms with E-state index in [-0.39, 0.29) is 31.2 Å². The highest BCUT2D eigenvalue weighted by atomic mass is 16.6. The maximum Gasteiger partial charge on any atom is 0.321 e. The van der Waals surface area contributed by atoms with Gasteiger partial charge in [-0.1, -0.05) is 78.9 Å². The smallest absolute Gasteiger partial charge is 0.321 e. The van der Waals surface area contributed by atoms with E-state index in [1.165, 1.54) is 12.1 Å². The molecule has 3 N–H and O–H groups in total. The molecule has 4 atom stereocenters. The highest BCUT2D eigenvalue weighted by Gasteiger charge is 2.46. The predicted molar refractivity (Wildman–Crippen MR) is 166 cm³/mol. The molecule has 1 fully saturated rings. The van der Waals surface area contributed by atoms with Crippen LogP contribution in [0.15, 0.2) is 109 Å². The number of aromatic amines is 1. The van der Waals surface area contributed by atoms with Gasteiger partial charge in [0, 0.05) is 30.6 Å². The fourth-order valence-corrected chi connectivity index (χ4v) is 6.07. The van der Waals surface area contributed by atoms with Gasteiger partial charge in [0.2, 0.25) is 0 Å². The van der Waals surface area contributed by atoms with Gasteiger partial charge in [-0.3, -0.25) is 15.2 Å². The minimum atomic E-state index is -1.30. The second-order valence-electron chi connectivity index (χ2n) is 11.3. The van der Waals surface area contributed by atoms with Crippen molar-refractivity contribution in [3.05, 3.63) is 142 Å². The van der Waals surface area contributed by atoms with Gasteiger partial charge in [-0.15, -0.1) is 0 Å². The van der Waals surface area contributed by atoms with Crippen LogP contribution in [0.5, 0.6) is 0 Å². The summed E-state index contributed by atoms with van der Waals surface area (Å²) in [5.41, 5.74) is 3.97. The number of hydrogen-bond acceptors (Lipinski definition) is 6. The van der Waals surface area contributed by atoms with Gasteiger partial charge >= 0.3 is 6.03 Å². The molecular formula is C34H33N5O5. The quantitative estimate of drug-likeness (QED) is 0.166. The van der Waals surface area contributed by atoms with Crippen LogP contribution in [0, 0.1) is 10.1 Å². The van der Waals surface area contributed by atoms with E-state index in [4.69, 9.17) is 0 Å². The van der Waals surface area contributed by atoms with Gasteiger partial charge in [0.1, 0.15) is 12.2 Å². The Morgan fingerprint density at radius 2 is 1.27 bits per heavy atom. The Balaban J connectivity index is 1.44. The molecule has 44 heavy (non-hydrogen) atoms. The zero-order valence-corrected chi connectivity index (χ0v) is 23.9. The zero-order chi connectivity index (χ0) is 30.6. The van der Waals surface area contributed by atoms with E-state index in [0.29, 0.717) is 12.0 Å². The summed E-state index contributed by atoms with van der Waals surface area (Å²) in [4.78, 5) is 29.0. The van der Waals surface area contributed by atoms with Crippen molar-refractivity contribution in [1.29, 1.82) is 0 Å². The molecule has 2 amide bonds. The number of carbonyl (C=O) groups excluding carboxylic acids is 1. The van der Waals surface area contributed by atoms with Gasteiger partial charge in [-0.05, 0) is 47.2 Å². The SMILES string of the molecule is O=C1N(Cc2cccc([N+](=O)[O-])c2)[C@H](Cc2ccccc2)C(O)C(O)[C@@H](Cc2ccccc2)N1Cc1ccc2[nH]ncc2c1. The third-order valence-corrected chi connectivity index (χ3v) is 8.34. The molecule has 10 nitrogen and oxygen atoms in total. The molecule has 0 bridgehead atoms. The fraction of sp³-hybridized carbons (Fsp3) is 0.235. The molecule has 0 aliphatic carbocycles. The second kappa shape index (κ2) is 12.7. The molecule has 0 saturated carbocycles. The van der Waals surface area contributed by atoms with Crippen LogP contribution in [0.25, 0.3) is 10.9 Å². The summed E-state index contributed by atoms with van der Waals surface area (Å²) in [6.45, 7) is 0.182. The van der Waals surface area contributed by atoms with E-state index in [9.17, 15) is 25.1 Å². The van der Waals surface area contributed by atoms with Crippen molar-refractivity contribution in [2.75, 3.05) is 0 Å². The van der Waals surface area contributed by atoms with Crippen molar-refractivity contribution in [3.8, 4) is 0 Å². The minimum absolute atomic E-state index is 0.0110. The van der Waals surface area contributed by atoms with Crippen molar-refractivity contribution in [3.63, 3.8) is 0 Å². The van der Waals surface area contributed by atoms with Gasteiger partial charge < -0.3 is 20.0 Å². The molecule has 10 heteroatoms. The number of aliphatic hydroxyl groups is 2. The number of rotatable bonds is 9. The van der Waals surface area contributed by atoms with Crippen molar-refractivity contribution in [1.82, 2.24) is 20.0 Å². The molecule has 6 rings (SSSR count). The molecule has 4 aromatic carbocycles. The van der Waals surface area contributed by atoms with Crippen LogP contribution in [0.2, 0.25) is 0 Å². The van der Waals surface area contributed by atoms with Crippen LogP contribution in [-0.4, -0.2) is 65.5 Å². The molecule has 1 aromatic heterocycles. The first kappa shape index (κ1) is 29.0. The van der Waals surface area contributed by atoms with Crippen molar-refractivity contribution >= 4 is 22.6 Å². The van der Waals surface area contributed by atoms with E-state index >= 15 is 0 Å². The lowest BCUT2D eigenvalue weighted by Crippen LogP contribution is -2.50. The van der Waals surface area contributed by atoms with Gasteiger partial charge in [-0.25, -0.2) is 4.79 Å². The number of H-pyrrole nitrogens is 1. The van der Waals surface area contributed by atoms with E-state index in [2.05, 4.69) is 10.2 Å². The van der Waals surface area contributed by atoms with Gasteiger partial charge in [-0.2, -0.15) is 5.10 Å². The van der Waals surface area contributed by atoms with E-state index in [1.807, 2.05) is 78.9 Å². The Morgan fingerprint density at radius 1 is 0.727 bits per heavy atom. The minimum Gasteiger partial charge on any atom is -0.388 e. The Morgan fingerprint density at radius 3 is 1.84 bits per heavy atom. The second-order valence-corrected chi connectivity index (χ2v) is 11.3. The number of urea groups is 1. The molecule has 5 aromatic rings. The number of aliphatic hydroxyl groups excluding tert-OH is 2. The zero-order valence-electron chi connectivity index (χ0n) is 23.9. The lowest BCUT2D eigenvalue weighted by Gasteiger charge is -2.35. The number of non-ortho nitro benzene ring substituents is 1. The van der Waals surface area contributed by atoms with Crippen LogP contribution in [-0.2, 0) is 25.9 Å². The van der Waals surface area contributed by atoms with Gasteiger partial charge in [0.05, 0.1) is 28.7 Å². The first-order chi connectivity index (χ1) is 21.4. The van der Waals surface area contributed by atoms with E-state index in [1.54, 1.807) is 28.1 Å². The molecule has 2 unspecified atom stereocenters. The number of nitro groups is 1. The highest BCUT2D eigenvalue weighted by molar-refractivity contribution is 5.79. The summed E-state index contributed by atoms with van der Waals surface area (Å²) >= 11 is 0. The molecule has 0 radical (unpaired) electrons. The standard InChI is InChI=1S/C34H33N5O5/c40-32-30(18-23-8-3-1-4-9-23)37(21-25-12-7-13-28(17-25)39(43)44)34(42)38(22-26-14-15-29-27(16-26)20-35-36-29)31(33(32)41)19-24-10-5-2-6-11-24/h1-17,20,30-33,40-41H,18-19,21-22H2,(H,35,36)/t30-,31-,32?,33?/m1/s1. The summed E-state index contributed by atoms with van der Waals surface area (Å²) in [7, 11) is 0. The Bertz CT molecular complexity index is 1750. The Labute approximate surface area is 254 Å². The van der Waals surface area contributed by atoms with Crippen molar-refractivity contribution < 1.29 is 19.9 Å². The average molecular weight is 592 g/mol. The lowest BCUT2D eigenvalue weighted by molar-refractivity contribution is -0.384. The Hall–Kier alpha value is -5.06. The number of fused-ring (bicyclic) bond motifs is 1. The monoisotopic (exact) mass is 591 g/mol. The van der Waals surface area contributed by atoms with E-state index in [0.717, 1.165) is 27.6 Å². The van der Waals surface area contributed by atoms with Gasteiger partial charge in [0.25, 0.3) is 5.69 Å². The van der Waals surface area contributed by atoms with Crippen molar-refractivity contribution in [2.45, 2.75) is 50.2 Å². The molecule has 1 saturated heterocycles. The van der Waals surface area contributed by atoms with Crippen LogP contribution < -0.4 is 0 Å². The van der Waals surface area contributed by atoms with Gasteiger partial charge in [0.15, 0.2) is 0 Å². The Kier molecular flexibility index (Phi) is 8.36. The maximum atomic E-state index is 14.8. The summed E-state index contributed by atoms with van der Waals surface area (Å²) in [5, 5.41) is 43.2.